The normalized spacial score (nSPS) is 19.3. The van der Waals surface area contributed by atoms with Gasteiger partial charge >= 0.3 is 0 Å². The first kappa shape index (κ1) is 17.6. The van der Waals surface area contributed by atoms with Crippen molar-refractivity contribution in [3.8, 4) is 11.5 Å². The van der Waals surface area contributed by atoms with E-state index < -0.39 is 6.10 Å². The van der Waals surface area contributed by atoms with E-state index in [0.717, 1.165) is 5.75 Å². The molecule has 1 aliphatic rings. The van der Waals surface area contributed by atoms with Gasteiger partial charge in [0, 0.05) is 0 Å². The van der Waals surface area contributed by atoms with E-state index in [1.54, 1.807) is 0 Å². The van der Waals surface area contributed by atoms with Crippen molar-refractivity contribution >= 4 is 5.71 Å². The van der Waals surface area contributed by atoms with Gasteiger partial charge in [0.15, 0.2) is 17.6 Å². The van der Waals surface area contributed by atoms with E-state index in [0.29, 0.717) is 24.6 Å². The zero-order valence-electron chi connectivity index (χ0n) is 14.3. The van der Waals surface area contributed by atoms with Gasteiger partial charge in [-0.3, -0.25) is 0 Å². The second-order valence-corrected chi connectivity index (χ2v) is 6.85. The molecule has 0 aliphatic carbocycles. The number of nitrogens with two attached hydrogens (primary N) is 1. The average Bonchev–Trinajstić information content (AvgIpc) is 2.51. The number of fused-ring (bicyclic) bond motifs is 1. The van der Waals surface area contributed by atoms with E-state index in [-0.39, 0.29) is 18.2 Å². The molecule has 0 bridgehead atoms. The fourth-order valence-corrected chi connectivity index (χ4v) is 2.07. The number of aliphatic hydroxyl groups excluding tert-OH is 1. The second kappa shape index (κ2) is 7.66. The third-order valence-electron chi connectivity index (χ3n) is 3.45. The van der Waals surface area contributed by atoms with Gasteiger partial charge in [-0.2, -0.15) is 0 Å². The van der Waals surface area contributed by atoms with Gasteiger partial charge in [-0.1, -0.05) is 17.3 Å². The van der Waals surface area contributed by atoms with Crippen LogP contribution in [-0.2, 0) is 4.84 Å². The summed E-state index contributed by atoms with van der Waals surface area (Å²) in [6, 6.07) is 7.54. The molecule has 0 spiro atoms. The highest BCUT2D eigenvalue weighted by Crippen LogP contribution is 2.31. The summed E-state index contributed by atoms with van der Waals surface area (Å²) in [6.07, 6.45) is -0.835. The number of para-hydroxylation sites is 2. The molecule has 0 unspecified atom stereocenters. The highest BCUT2D eigenvalue weighted by Gasteiger charge is 2.23. The Balaban J connectivity index is 1.78. The Morgan fingerprint density at radius 3 is 2.78 bits per heavy atom. The molecule has 2 rings (SSSR count). The Hall–Kier alpha value is -1.79. The lowest BCUT2D eigenvalue weighted by Crippen LogP contribution is -2.96. The fraction of sp³-hybridized carbons (Fsp3) is 0.588. The van der Waals surface area contributed by atoms with Gasteiger partial charge in [0.25, 0.3) is 0 Å². The SMILES string of the molecule is C/C(=N/OC[C@@H](O)C[NH2+]C(C)(C)C)[C@@H]1COc2ccccc2O1. The van der Waals surface area contributed by atoms with Crippen molar-refractivity contribution < 1.29 is 24.7 Å². The monoisotopic (exact) mass is 323 g/mol. The number of hydrogen-bond acceptors (Lipinski definition) is 5. The number of aliphatic hydroxyl groups is 1. The average molecular weight is 323 g/mol. The summed E-state index contributed by atoms with van der Waals surface area (Å²) >= 11 is 0. The summed E-state index contributed by atoms with van der Waals surface area (Å²) < 4.78 is 11.5. The van der Waals surface area contributed by atoms with Crippen LogP contribution in [0, 0.1) is 0 Å². The molecule has 0 aromatic heterocycles. The Kier molecular flexibility index (Phi) is 5.85. The topological polar surface area (TPSA) is 76.9 Å². The Bertz CT molecular complexity index is 540. The number of nitrogens with zero attached hydrogens (tertiary/aromatic N) is 1. The Labute approximate surface area is 137 Å². The molecule has 6 nitrogen and oxygen atoms in total. The molecule has 1 heterocycles. The predicted octanol–water partition coefficient (Wildman–Crippen LogP) is 0.942. The molecule has 23 heavy (non-hydrogen) atoms. The molecule has 0 saturated carbocycles. The van der Waals surface area contributed by atoms with E-state index >= 15 is 0 Å². The summed E-state index contributed by atoms with van der Waals surface area (Å²) in [4.78, 5) is 5.25. The maximum Gasteiger partial charge on any atom is 0.174 e. The van der Waals surface area contributed by atoms with Crippen LogP contribution in [0.1, 0.15) is 27.7 Å². The van der Waals surface area contributed by atoms with E-state index in [9.17, 15) is 5.11 Å². The summed E-state index contributed by atoms with van der Waals surface area (Å²) in [5.74, 6) is 1.45. The molecule has 0 saturated heterocycles. The molecule has 6 heteroatoms. The largest absolute Gasteiger partial charge is 0.485 e. The second-order valence-electron chi connectivity index (χ2n) is 6.85. The molecular weight excluding hydrogens is 296 g/mol. The summed E-state index contributed by atoms with van der Waals surface area (Å²) in [7, 11) is 0. The minimum Gasteiger partial charge on any atom is -0.485 e. The lowest BCUT2D eigenvalue weighted by atomic mass is 10.1. The van der Waals surface area contributed by atoms with Gasteiger partial charge in [0.05, 0.1) is 11.3 Å². The van der Waals surface area contributed by atoms with E-state index in [4.69, 9.17) is 14.3 Å². The zero-order chi connectivity index (χ0) is 16.9. The third-order valence-corrected chi connectivity index (χ3v) is 3.45. The molecule has 1 aromatic carbocycles. The lowest BCUT2D eigenvalue weighted by molar-refractivity contribution is -0.722. The molecule has 0 fully saturated rings. The Morgan fingerprint density at radius 1 is 1.39 bits per heavy atom. The van der Waals surface area contributed by atoms with Gasteiger partial charge < -0.3 is 24.7 Å². The highest BCUT2D eigenvalue weighted by atomic mass is 16.6. The van der Waals surface area contributed by atoms with Crippen molar-refractivity contribution in [3.63, 3.8) is 0 Å². The molecule has 0 amide bonds. The van der Waals surface area contributed by atoms with Crippen LogP contribution in [0.3, 0.4) is 0 Å². The standard InChI is InChI=1S/C17H26N2O4/c1-12(19-22-10-13(20)9-18-17(2,3)4)16-11-21-14-7-5-6-8-15(14)23-16/h5-8,13,16,18,20H,9-11H2,1-4H3/p+1/b19-12-/t13-,16-/m0/s1. The van der Waals surface area contributed by atoms with Crippen LogP contribution >= 0.6 is 0 Å². The lowest BCUT2D eigenvalue weighted by Gasteiger charge is -2.26. The fourth-order valence-electron chi connectivity index (χ4n) is 2.07. The van der Waals surface area contributed by atoms with Crippen molar-refractivity contribution in [2.75, 3.05) is 19.8 Å². The van der Waals surface area contributed by atoms with Gasteiger partial charge in [0.1, 0.15) is 25.9 Å². The van der Waals surface area contributed by atoms with Gasteiger partial charge in [-0.15, -0.1) is 0 Å². The first-order valence-corrected chi connectivity index (χ1v) is 7.92. The van der Waals surface area contributed by atoms with Crippen molar-refractivity contribution in [2.45, 2.75) is 45.4 Å². The first-order valence-electron chi connectivity index (χ1n) is 7.92. The van der Waals surface area contributed by atoms with Gasteiger partial charge in [0.2, 0.25) is 0 Å². The third kappa shape index (κ3) is 5.73. The predicted molar refractivity (Wildman–Crippen MR) is 88.0 cm³/mol. The minimum atomic E-state index is -0.560. The molecule has 0 radical (unpaired) electrons. The number of benzene rings is 1. The summed E-state index contributed by atoms with van der Waals surface area (Å²) in [6.45, 7) is 9.26. The summed E-state index contributed by atoms with van der Waals surface area (Å²) in [5.41, 5.74) is 0.771. The number of hydrogen-bond donors (Lipinski definition) is 2. The van der Waals surface area contributed by atoms with Crippen molar-refractivity contribution in [2.24, 2.45) is 5.16 Å². The molecule has 1 aromatic rings. The van der Waals surface area contributed by atoms with Gasteiger partial charge in [-0.25, -0.2) is 0 Å². The minimum absolute atomic E-state index is 0.0842. The van der Waals surface area contributed by atoms with Gasteiger partial charge in [-0.05, 0) is 39.8 Å². The van der Waals surface area contributed by atoms with Crippen LogP contribution in [-0.4, -0.2) is 48.3 Å². The van der Waals surface area contributed by atoms with Crippen LogP contribution in [0.25, 0.3) is 0 Å². The maximum atomic E-state index is 9.88. The zero-order valence-corrected chi connectivity index (χ0v) is 14.3. The van der Waals surface area contributed by atoms with E-state index in [1.807, 2.05) is 31.2 Å². The van der Waals surface area contributed by atoms with E-state index in [1.165, 1.54) is 0 Å². The first-order chi connectivity index (χ1) is 10.8. The number of oxime groups is 1. The van der Waals surface area contributed by atoms with Crippen LogP contribution in [0.5, 0.6) is 11.5 Å². The number of ether oxygens (including phenoxy) is 2. The molecule has 128 valence electrons. The Morgan fingerprint density at radius 2 is 2.09 bits per heavy atom. The summed E-state index contributed by atoms with van der Waals surface area (Å²) in [5, 5.41) is 16.0. The van der Waals surface area contributed by atoms with Crippen molar-refractivity contribution in [3.05, 3.63) is 24.3 Å². The smallest absolute Gasteiger partial charge is 0.174 e. The number of quaternary nitrogens is 1. The van der Waals surface area contributed by atoms with Crippen LogP contribution in [0.15, 0.2) is 29.4 Å². The van der Waals surface area contributed by atoms with Crippen molar-refractivity contribution in [1.29, 1.82) is 0 Å². The van der Waals surface area contributed by atoms with E-state index in [2.05, 4.69) is 31.2 Å². The van der Waals surface area contributed by atoms with Crippen LogP contribution < -0.4 is 14.8 Å². The molecule has 2 atom stereocenters. The van der Waals surface area contributed by atoms with Crippen LogP contribution in [0.4, 0.5) is 0 Å². The van der Waals surface area contributed by atoms with Crippen LogP contribution in [0.2, 0.25) is 0 Å². The van der Waals surface area contributed by atoms with Crippen molar-refractivity contribution in [1.82, 2.24) is 0 Å². The quantitative estimate of drug-likeness (QED) is 0.603. The maximum absolute atomic E-state index is 9.88. The molecule has 1 aliphatic heterocycles. The molecular formula is C17H27N2O4+. The highest BCUT2D eigenvalue weighted by molar-refractivity contribution is 5.86. The number of rotatable bonds is 6. The molecule has 3 N–H and O–H groups in total.